The van der Waals surface area contributed by atoms with E-state index in [9.17, 15) is 0 Å². The molecule has 1 heterocycles. The van der Waals surface area contributed by atoms with E-state index in [0.717, 1.165) is 0 Å². The molecule has 6 heteroatoms. The Morgan fingerprint density at radius 3 is 2.61 bits per heavy atom. The zero-order valence-corrected chi connectivity index (χ0v) is 14.9. The van der Waals surface area contributed by atoms with Gasteiger partial charge in [-0.2, -0.15) is 0 Å². The fraction of sp³-hybridized carbons (Fsp3) is 0.529. The van der Waals surface area contributed by atoms with Crippen molar-refractivity contribution in [3.8, 4) is 11.5 Å². The highest BCUT2D eigenvalue weighted by atomic mass is 35.5. The van der Waals surface area contributed by atoms with Crippen LogP contribution in [0.15, 0.2) is 22.6 Å². The predicted molar refractivity (Wildman–Crippen MR) is 92.7 cm³/mol. The molecule has 1 aromatic carbocycles. The Balaban J connectivity index is 1.78. The van der Waals surface area contributed by atoms with Crippen LogP contribution >= 0.6 is 23.2 Å². The van der Waals surface area contributed by atoms with Gasteiger partial charge in [-0.3, -0.25) is 4.90 Å². The second-order valence-corrected chi connectivity index (χ2v) is 7.17. The Kier molecular flexibility index (Phi) is 5.24. The first-order valence-electron chi connectivity index (χ1n) is 8.08. The molecule has 3 rings (SSSR count). The van der Waals surface area contributed by atoms with Crippen molar-refractivity contribution < 1.29 is 4.42 Å². The van der Waals surface area contributed by atoms with Crippen LogP contribution in [0.25, 0.3) is 11.5 Å². The summed E-state index contributed by atoms with van der Waals surface area (Å²) < 4.78 is 5.84. The van der Waals surface area contributed by atoms with Crippen LogP contribution in [0.3, 0.4) is 0 Å². The van der Waals surface area contributed by atoms with Crippen molar-refractivity contribution in [1.82, 2.24) is 15.1 Å². The van der Waals surface area contributed by atoms with Crippen LogP contribution in [-0.4, -0.2) is 27.2 Å². The molecule has 0 amide bonds. The van der Waals surface area contributed by atoms with Gasteiger partial charge < -0.3 is 4.42 Å². The van der Waals surface area contributed by atoms with Gasteiger partial charge in [0.1, 0.15) is 0 Å². The molecule has 1 aliphatic rings. The monoisotopic (exact) mass is 353 g/mol. The van der Waals surface area contributed by atoms with E-state index in [1.54, 1.807) is 18.2 Å². The SMILES string of the molecule is CC(C)N(Cc1nnc(-c2ccc(Cl)cc2Cl)o1)C1CCCC1. The van der Waals surface area contributed by atoms with Crippen molar-refractivity contribution >= 4 is 23.2 Å². The maximum Gasteiger partial charge on any atom is 0.249 e. The summed E-state index contributed by atoms with van der Waals surface area (Å²) in [5, 5.41) is 9.45. The Morgan fingerprint density at radius 2 is 1.96 bits per heavy atom. The third kappa shape index (κ3) is 3.87. The fourth-order valence-electron chi connectivity index (χ4n) is 3.21. The maximum atomic E-state index is 6.21. The summed E-state index contributed by atoms with van der Waals surface area (Å²) >= 11 is 12.1. The van der Waals surface area contributed by atoms with E-state index >= 15 is 0 Å². The molecule has 0 N–H and O–H groups in total. The Hall–Kier alpha value is -1.10. The minimum absolute atomic E-state index is 0.441. The number of rotatable bonds is 5. The maximum absolute atomic E-state index is 6.21. The molecule has 0 radical (unpaired) electrons. The van der Waals surface area contributed by atoms with E-state index in [0.29, 0.717) is 46.0 Å². The van der Waals surface area contributed by atoms with Crippen molar-refractivity contribution in [2.75, 3.05) is 0 Å². The second-order valence-electron chi connectivity index (χ2n) is 6.33. The second kappa shape index (κ2) is 7.20. The summed E-state index contributed by atoms with van der Waals surface area (Å²) in [5.41, 5.74) is 0.715. The molecule has 1 aromatic heterocycles. The fourth-order valence-corrected chi connectivity index (χ4v) is 3.70. The van der Waals surface area contributed by atoms with Gasteiger partial charge in [-0.25, -0.2) is 0 Å². The topological polar surface area (TPSA) is 42.2 Å². The average molecular weight is 354 g/mol. The first-order chi connectivity index (χ1) is 11.0. The van der Waals surface area contributed by atoms with Gasteiger partial charge in [0.25, 0.3) is 0 Å². The van der Waals surface area contributed by atoms with Crippen LogP contribution in [-0.2, 0) is 6.54 Å². The van der Waals surface area contributed by atoms with Crippen molar-refractivity contribution in [2.45, 2.75) is 58.2 Å². The van der Waals surface area contributed by atoms with Gasteiger partial charge in [0, 0.05) is 17.1 Å². The summed E-state index contributed by atoms with van der Waals surface area (Å²) in [6.07, 6.45) is 5.12. The summed E-state index contributed by atoms with van der Waals surface area (Å²) in [6, 6.07) is 6.32. The highest BCUT2D eigenvalue weighted by Gasteiger charge is 2.26. The lowest BCUT2D eigenvalue weighted by atomic mass is 10.1. The standard InChI is InChI=1S/C17H21Cl2N3O/c1-11(2)22(13-5-3-4-6-13)10-16-20-21-17(23-16)14-8-7-12(18)9-15(14)19/h7-9,11,13H,3-6,10H2,1-2H3. The van der Waals surface area contributed by atoms with Crippen LogP contribution in [0.4, 0.5) is 0 Å². The highest BCUT2D eigenvalue weighted by molar-refractivity contribution is 6.36. The van der Waals surface area contributed by atoms with Gasteiger partial charge in [0.15, 0.2) is 0 Å². The Labute approximate surface area is 146 Å². The number of aromatic nitrogens is 2. The molecular weight excluding hydrogens is 333 g/mol. The van der Waals surface area contributed by atoms with Crippen LogP contribution in [0.2, 0.25) is 10.0 Å². The van der Waals surface area contributed by atoms with Crippen molar-refractivity contribution in [2.24, 2.45) is 0 Å². The minimum atomic E-state index is 0.441. The van der Waals surface area contributed by atoms with Gasteiger partial charge >= 0.3 is 0 Å². The summed E-state index contributed by atoms with van der Waals surface area (Å²) in [5.74, 6) is 1.07. The molecule has 0 unspecified atom stereocenters. The van der Waals surface area contributed by atoms with Crippen LogP contribution in [0.5, 0.6) is 0 Å². The van der Waals surface area contributed by atoms with Gasteiger partial charge in [-0.15, -0.1) is 10.2 Å². The van der Waals surface area contributed by atoms with Crippen LogP contribution in [0, 0.1) is 0 Å². The molecule has 1 saturated carbocycles. The molecule has 1 aliphatic carbocycles. The number of halogens is 2. The molecule has 23 heavy (non-hydrogen) atoms. The van der Waals surface area contributed by atoms with E-state index in [1.165, 1.54) is 25.7 Å². The largest absolute Gasteiger partial charge is 0.419 e. The quantitative estimate of drug-likeness (QED) is 0.740. The number of nitrogens with zero attached hydrogens (tertiary/aromatic N) is 3. The highest BCUT2D eigenvalue weighted by Crippen LogP contribution is 2.30. The van der Waals surface area contributed by atoms with E-state index in [-0.39, 0.29) is 0 Å². The van der Waals surface area contributed by atoms with Gasteiger partial charge in [0.05, 0.1) is 17.1 Å². The Morgan fingerprint density at radius 1 is 1.22 bits per heavy atom. The molecule has 0 saturated heterocycles. The van der Waals surface area contributed by atoms with E-state index < -0.39 is 0 Å². The lowest BCUT2D eigenvalue weighted by Gasteiger charge is -2.31. The van der Waals surface area contributed by atoms with Crippen LogP contribution in [0.1, 0.15) is 45.4 Å². The van der Waals surface area contributed by atoms with Crippen molar-refractivity contribution in [3.63, 3.8) is 0 Å². The first kappa shape index (κ1) is 16.7. The average Bonchev–Trinajstić information content (AvgIpc) is 3.16. The molecule has 1 fully saturated rings. The van der Waals surface area contributed by atoms with Gasteiger partial charge in [-0.1, -0.05) is 36.0 Å². The third-order valence-electron chi connectivity index (χ3n) is 4.40. The minimum Gasteiger partial charge on any atom is -0.419 e. The number of hydrogen-bond donors (Lipinski definition) is 0. The van der Waals surface area contributed by atoms with Crippen molar-refractivity contribution in [3.05, 3.63) is 34.1 Å². The lowest BCUT2D eigenvalue weighted by molar-refractivity contribution is 0.132. The smallest absolute Gasteiger partial charge is 0.249 e. The number of benzene rings is 1. The zero-order chi connectivity index (χ0) is 16.4. The molecule has 0 spiro atoms. The molecule has 0 atom stereocenters. The van der Waals surface area contributed by atoms with E-state index in [4.69, 9.17) is 27.6 Å². The molecule has 124 valence electrons. The zero-order valence-electron chi connectivity index (χ0n) is 13.4. The summed E-state index contributed by atoms with van der Waals surface area (Å²) in [6.45, 7) is 5.11. The first-order valence-corrected chi connectivity index (χ1v) is 8.83. The summed E-state index contributed by atoms with van der Waals surface area (Å²) in [7, 11) is 0. The summed E-state index contributed by atoms with van der Waals surface area (Å²) in [4.78, 5) is 2.45. The molecule has 0 bridgehead atoms. The van der Waals surface area contributed by atoms with Crippen molar-refractivity contribution in [1.29, 1.82) is 0 Å². The van der Waals surface area contributed by atoms with Gasteiger partial charge in [-0.05, 0) is 44.9 Å². The number of hydrogen-bond acceptors (Lipinski definition) is 4. The Bertz CT molecular complexity index is 666. The normalized spacial score (nSPS) is 15.9. The molecule has 4 nitrogen and oxygen atoms in total. The predicted octanol–water partition coefficient (Wildman–Crippen LogP) is 5.20. The van der Waals surface area contributed by atoms with E-state index in [2.05, 4.69) is 28.9 Å². The third-order valence-corrected chi connectivity index (χ3v) is 4.95. The van der Waals surface area contributed by atoms with Gasteiger partial charge in [0.2, 0.25) is 11.8 Å². The van der Waals surface area contributed by atoms with Crippen LogP contribution < -0.4 is 0 Å². The molecule has 2 aromatic rings. The lowest BCUT2D eigenvalue weighted by Crippen LogP contribution is -2.38. The van der Waals surface area contributed by atoms with E-state index in [1.807, 2.05) is 0 Å². The molecule has 0 aliphatic heterocycles. The molecular formula is C17H21Cl2N3O.